The largest absolute Gasteiger partial charge is 0.309 e. The minimum atomic E-state index is -0.187. The van der Waals surface area contributed by atoms with Crippen LogP contribution in [0.2, 0.25) is 15.1 Å². The van der Waals surface area contributed by atoms with Crippen molar-refractivity contribution in [1.82, 2.24) is 9.88 Å². The van der Waals surface area contributed by atoms with E-state index in [4.69, 9.17) is 34.8 Å². The molecule has 0 fully saturated rings. The maximum absolute atomic E-state index is 13.2. The molecule has 3 aromatic rings. The van der Waals surface area contributed by atoms with E-state index < -0.39 is 0 Å². The molecule has 0 bridgehead atoms. The van der Waals surface area contributed by atoms with E-state index in [-0.39, 0.29) is 18.3 Å². The Labute approximate surface area is 189 Å². The molecule has 0 radical (unpaired) electrons. The summed E-state index contributed by atoms with van der Waals surface area (Å²) in [6.45, 7) is 1.38. The van der Waals surface area contributed by atoms with Crippen molar-refractivity contribution in [1.29, 1.82) is 0 Å². The Morgan fingerprint density at radius 1 is 1.07 bits per heavy atom. The number of benzene rings is 2. The number of aromatic nitrogens is 1. The van der Waals surface area contributed by atoms with E-state index in [0.29, 0.717) is 37.8 Å². The van der Waals surface area contributed by atoms with Crippen LogP contribution in [0.15, 0.2) is 36.4 Å². The van der Waals surface area contributed by atoms with Gasteiger partial charge in [0.15, 0.2) is 5.13 Å². The van der Waals surface area contributed by atoms with Crippen molar-refractivity contribution in [3.8, 4) is 0 Å². The van der Waals surface area contributed by atoms with Crippen LogP contribution >= 0.6 is 58.5 Å². The molecule has 1 amide bonds. The van der Waals surface area contributed by atoms with Gasteiger partial charge in [-0.05, 0) is 57.4 Å². The summed E-state index contributed by atoms with van der Waals surface area (Å²) in [6, 6.07) is 10.5. The first-order valence-electron chi connectivity index (χ1n) is 8.33. The summed E-state index contributed by atoms with van der Waals surface area (Å²) >= 11 is 19.9. The van der Waals surface area contributed by atoms with Crippen LogP contribution in [0.5, 0.6) is 0 Å². The quantitative estimate of drug-likeness (QED) is 0.418. The van der Waals surface area contributed by atoms with Gasteiger partial charge >= 0.3 is 0 Å². The molecule has 0 saturated heterocycles. The van der Waals surface area contributed by atoms with Crippen LogP contribution in [0.25, 0.3) is 10.2 Å². The summed E-state index contributed by atoms with van der Waals surface area (Å²) < 4.78 is 0.937. The van der Waals surface area contributed by atoms with Crippen LogP contribution < -0.4 is 4.90 Å². The summed E-state index contributed by atoms with van der Waals surface area (Å²) in [5.41, 5.74) is 1.14. The van der Waals surface area contributed by atoms with Gasteiger partial charge in [-0.1, -0.05) is 52.2 Å². The number of para-hydroxylation sites is 1. The van der Waals surface area contributed by atoms with Crippen molar-refractivity contribution in [2.45, 2.75) is 6.42 Å². The van der Waals surface area contributed by atoms with Gasteiger partial charge in [-0.25, -0.2) is 4.98 Å². The van der Waals surface area contributed by atoms with E-state index in [9.17, 15) is 4.79 Å². The molecule has 0 spiro atoms. The number of hydrogen-bond acceptors (Lipinski definition) is 4. The molecular weight excluding hydrogens is 460 g/mol. The number of thiazole rings is 1. The van der Waals surface area contributed by atoms with Crippen molar-refractivity contribution >= 4 is 79.8 Å². The lowest BCUT2D eigenvalue weighted by Crippen LogP contribution is -2.33. The average Bonchev–Trinajstić information content (AvgIpc) is 3.02. The number of carbonyl (C=O) groups excluding carboxylic acids is 1. The van der Waals surface area contributed by atoms with Crippen LogP contribution in [0.1, 0.15) is 16.8 Å². The van der Waals surface area contributed by atoms with Crippen molar-refractivity contribution < 1.29 is 4.79 Å². The SMILES string of the molecule is CN(C)CCCN(C(=O)c1cc(Cl)cc(Cl)c1)c1nc2c(Cl)cccc2s1.Cl. The number of nitrogens with zero attached hydrogens (tertiary/aromatic N) is 3. The molecule has 3 rings (SSSR count). The third-order valence-corrected chi connectivity index (χ3v) is 5.72. The smallest absolute Gasteiger partial charge is 0.260 e. The van der Waals surface area contributed by atoms with Crippen molar-refractivity contribution in [2.24, 2.45) is 0 Å². The van der Waals surface area contributed by atoms with E-state index in [2.05, 4.69) is 9.88 Å². The van der Waals surface area contributed by atoms with Crippen LogP contribution in [-0.4, -0.2) is 43.0 Å². The Morgan fingerprint density at radius 2 is 1.75 bits per heavy atom. The van der Waals surface area contributed by atoms with Crippen LogP contribution in [-0.2, 0) is 0 Å². The number of carbonyl (C=O) groups is 1. The van der Waals surface area contributed by atoms with E-state index in [0.717, 1.165) is 17.7 Å². The van der Waals surface area contributed by atoms with Crippen molar-refractivity contribution in [3.05, 3.63) is 57.0 Å². The van der Waals surface area contributed by atoms with Gasteiger partial charge in [-0.15, -0.1) is 12.4 Å². The molecule has 150 valence electrons. The standard InChI is InChI=1S/C19H18Cl3N3OS.ClH/c1-24(2)7-4-8-25(18(26)12-9-13(20)11-14(21)10-12)19-23-17-15(22)5-3-6-16(17)27-19;/h3,5-6,9-11H,4,7-8H2,1-2H3;1H. The molecule has 0 aliphatic rings. The minimum Gasteiger partial charge on any atom is -0.309 e. The van der Waals surface area contributed by atoms with Gasteiger partial charge in [-0.2, -0.15) is 0 Å². The summed E-state index contributed by atoms with van der Waals surface area (Å²) in [7, 11) is 4.00. The van der Waals surface area contributed by atoms with E-state index in [1.54, 1.807) is 29.2 Å². The molecule has 0 saturated carbocycles. The summed E-state index contributed by atoms with van der Waals surface area (Å²) in [6.07, 6.45) is 0.802. The van der Waals surface area contributed by atoms with Crippen molar-refractivity contribution in [2.75, 3.05) is 32.1 Å². The van der Waals surface area contributed by atoms with Gasteiger partial charge in [0.1, 0.15) is 5.52 Å². The number of hydrogen-bond donors (Lipinski definition) is 0. The van der Waals surface area contributed by atoms with E-state index in [1.807, 2.05) is 26.2 Å². The monoisotopic (exact) mass is 477 g/mol. The minimum absolute atomic E-state index is 0. The second-order valence-electron chi connectivity index (χ2n) is 6.35. The number of rotatable bonds is 6. The van der Waals surface area contributed by atoms with Crippen LogP contribution in [0, 0.1) is 0 Å². The summed E-state index contributed by atoms with van der Waals surface area (Å²) in [5, 5.41) is 2.03. The lowest BCUT2D eigenvalue weighted by atomic mass is 10.2. The number of anilines is 1. The van der Waals surface area contributed by atoms with Gasteiger partial charge in [0.25, 0.3) is 5.91 Å². The second kappa shape index (κ2) is 10.1. The zero-order valence-electron chi connectivity index (χ0n) is 15.3. The number of fused-ring (bicyclic) bond motifs is 1. The van der Waals surface area contributed by atoms with Gasteiger partial charge in [0.2, 0.25) is 0 Å². The Morgan fingerprint density at radius 3 is 2.36 bits per heavy atom. The first-order valence-corrected chi connectivity index (χ1v) is 10.3. The Hall–Kier alpha value is -1.08. The zero-order valence-corrected chi connectivity index (χ0v) is 19.2. The molecule has 0 aliphatic heterocycles. The van der Waals surface area contributed by atoms with Gasteiger partial charge in [0, 0.05) is 22.2 Å². The highest BCUT2D eigenvalue weighted by Gasteiger charge is 2.22. The molecular formula is C19H19Cl4N3OS. The molecule has 1 heterocycles. The molecule has 0 N–H and O–H groups in total. The fourth-order valence-electron chi connectivity index (χ4n) is 2.68. The molecule has 2 aromatic carbocycles. The molecule has 9 heteroatoms. The van der Waals surface area contributed by atoms with Crippen molar-refractivity contribution in [3.63, 3.8) is 0 Å². The highest BCUT2D eigenvalue weighted by molar-refractivity contribution is 7.22. The van der Waals surface area contributed by atoms with Gasteiger partial charge in [0.05, 0.1) is 9.72 Å². The normalized spacial score (nSPS) is 10.9. The first kappa shape index (κ1) is 23.2. The Kier molecular flexibility index (Phi) is 8.37. The third kappa shape index (κ3) is 5.50. The topological polar surface area (TPSA) is 36.4 Å². The fraction of sp³-hybridized carbons (Fsp3) is 0.263. The summed E-state index contributed by atoms with van der Waals surface area (Å²) in [4.78, 5) is 21.6. The fourth-order valence-corrected chi connectivity index (χ4v) is 4.50. The highest BCUT2D eigenvalue weighted by atomic mass is 35.5. The third-order valence-electron chi connectivity index (χ3n) is 3.93. The molecule has 0 aliphatic carbocycles. The van der Waals surface area contributed by atoms with Gasteiger partial charge in [-0.3, -0.25) is 9.69 Å². The maximum Gasteiger partial charge on any atom is 0.260 e. The zero-order chi connectivity index (χ0) is 19.6. The molecule has 0 unspecified atom stereocenters. The summed E-state index contributed by atoms with van der Waals surface area (Å²) in [5.74, 6) is -0.187. The molecule has 1 aromatic heterocycles. The molecule has 0 atom stereocenters. The van der Waals surface area contributed by atoms with Gasteiger partial charge < -0.3 is 4.90 Å². The van der Waals surface area contributed by atoms with E-state index in [1.165, 1.54) is 11.3 Å². The molecule has 28 heavy (non-hydrogen) atoms. The number of amides is 1. The average molecular weight is 479 g/mol. The Balaban J connectivity index is 0.00000280. The second-order valence-corrected chi connectivity index (χ2v) is 8.64. The Bertz CT molecular complexity index is 957. The predicted octanol–water partition coefficient (Wildman–Crippen LogP) is 6.28. The lowest BCUT2D eigenvalue weighted by molar-refractivity contribution is 0.0986. The maximum atomic E-state index is 13.2. The van der Waals surface area contributed by atoms with Crippen LogP contribution in [0.3, 0.4) is 0 Å². The molecule has 4 nitrogen and oxygen atoms in total. The van der Waals surface area contributed by atoms with E-state index >= 15 is 0 Å². The highest BCUT2D eigenvalue weighted by Crippen LogP contribution is 2.34. The first-order chi connectivity index (χ1) is 12.8. The lowest BCUT2D eigenvalue weighted by Gasteiger charge is -2.21. The van der Waals surface area contributed by atoms with Crippen LogP contribution in [0.4, 0.5) is 5.13 Å². The number of halogens is 4. The predicted molar refractivity (Wildman–Crippen MR) is 123 cm³/mol.